The van der Waals surface area contributed by atoms with Crippen molar-refractivity contribution in [2.45, 2.75) is 19.4 Å². The normalized spacial score (nSPS) is 16.4. The Hall–Kier alpha value is -3.02. The fourth-order valence-corrected chi connectivity index (χ4v) is 3.57. The van der Waals surface area contributed by atoms with Crippen molar-refractivity contribution in [3.05, 3.63) is 60.2 Å². The molecule has 148 valence electrons. The highest BCUT2D eigenvalue weighted by Crippen LogP contribution is 2.23. The first-order chi connectivity index (χ1) is 13.6. The molecule has 2 aromatic carbocycles. The molecule has 6 heteroatoms. The summed E-state index contributed by atoms with van der Waals surface area (Å²) >= 11 is 0. The van der Waals surface area contributed by atoms with Gasteiger partial charge in [0.15, 0.2) is 0 Å². The molecule has 1 aliphatic heterocycles. The number of carbonyl (C=O) groups is 2. The summed E-state index contributed by atoms with van der Waals surface area (Å²) in [7, 11) is 3.43. The van der Waals surface area contributed by atoms with E-state index >= 15 is 0 Å². The van der Waals surface area contributed by atoms with Crippen LogP contribution in [-0.2, 0) is 11.3 Å². The van der Waals surface area contributed by atoms with Crippen molar-refractivity contribution >= 4 is 17.6 Å². The zero-order valence-corrected chi connectivity index (χ0v) is 16.4. The van der Waals surface area contributed by atoms with E-state index in [9.17, 15) is 9.59 Å². The molecule has 1 atom stereocenters. The van der Waals surface area contributed by atoms with Gasteiger partial charge in [-0.1, -0.05) is 36.4 Å². The molecule has 1 saturated heterocycles. The van der Waals surface area contributed by atoms with E-state index in [-0.39, 0.29) is 17.9 Å². The number of nitrogens with zero attached hydrogens (tertiary/aromatic N) is 2. The number of anilines is 1. The second-order valence-corrected chi connectivity index (χ2v) is 7.09. The molecule has 2 aromatic rings. The molecule has 6 nitrogen and oxygen atoms in total. The Morgan fingerprint density at radius 1 is 1.14 bits per heavy atom. The lowest BCUT2D eigenvalue weighted by Crippen LogP contribution is -2.47. The van der Waals surface area contributed by atoms with Crippen LogP contribution in [-0.4, -0.2) is 49.0 Å². The highest BCUT2D eigenvalue weighted by molar-refractivity contribution is 5.90. The molecule has 3 amide bonds. The molecule has 1 unspecified atom stereocenters. The third-order valence-electron chi connectivity index (χ3n) is 5.06. The summed E-state index contributed by atoms with van der Waals surface area (Å²) < 4.78 is 5.38. The third kappa shape index (κ3) is 4.82. The van der Waals surface area contributed by atoms with Gasteiger partial charge in [-0.05, 0) is 31.0 Å². The number of amides is 3. The first kappa shape index (κ1) is 19.7. The van der Waals surface area contributed by atoms with Crippen molar-refractivity contribution in [1.82, 2.24) is 9.80 Å². The van der Waals surface area contributed by atoms with Gasteiger partial charge in [-0.15, -0.1) is 0 Å². The first-order valence-electron chi connectivity index (χ1n) is 9.56. The van der Waals surface area contributed by atoms with Crippen LogP contribution in [0.4, 0.5) is 10.5 Å². The molecule has 0 radical (unpaired) electrons. The van der Waals surface area contributed by atoms with Gasteiger partial charge in [0.1, 0.15) is 5.75 Å². The van der Waals surface area contributed by atoms with E-state index in [1.165, 1.54) is 0 Å². The van der Waals surface area contributed by atoms with Crippen LogP contribution in [0, 0.1) is 5.92 Å². The van der Waals surface area contributed by atoms with Crippen molar-refractivity contribution in [2.75, 3.05) is 32.6 Å². The summed E-state index contributed by atoms with van der Waals surface area (Å²) in [5, 5.41) is 2.90. The number of piperidine rings is 1. The number of carbonyl (C=O) groups excluding carboxylic acids is 2. The molecule has 0 bridgehead atoms. The summed E-state index contributed by atoms with van der Waals surface area (Å²) in [6, 6.07) is 16.9. The van der Waals surface area contributed by atoms with Crippen LogP contribution >= 0.6 is 0 Å². The topological polar surface area (TPSA) is 61.9 Å². The zero-order chi connectivity index (χ0) is 19.9. The van der Waals surface area contributed by atoms with Gasteiger partial charge >= 0.3 is 6.03 Å². The summed E-state index contributed by atoms with van der Waals surface area (Å²) in [5.41, 5.74) is 1.73. The Morgan fingerprint density at radius 3 is 2.61 bits per heavy atom. The SMILES string of the molecule is COc1ccccc1CN(C)C(=O)C1CCCN(C(=O)Nc2ccccc2)C1. The molecule has 28 heavy (non-hydrogen) atoms. The Kier molecular flexibility index (Phi) is 6.53. The monoisotopic (exact) mass is 381 g/mol. The number of benzene rings is 2. The Bertz CT molecular complexity index is 810. The Morgan fingerprint density at radius 2 is 1.86 bits per heavy atom. The van der Waals surface area contributed by atoms with E-state index < -0.39 is 0 Å². The van der Waals surface area contributed by atoms with E-state index in [2.05, 4.69) is 5.32 Å². The van der Waals surface area contributed by atoms with Gasteiger partial charge in [0.2, 0.25) is 5.91 Å². The molecule has 0 spiro atoms. The number of hydrogen-bond acceptors (Lipinski definition) is 3. The number of urea groups is 1. The number of rotatable bonds is 5. The number of para-hydroxylation sites is 2. The fraction of sp³-hybridized carbons (Fsp3) is 0.364. The standard InChI is InChI=1S/C22H27N3O3/c1-24(15-17-9-6-7-13-20(17)28-2)21(26)18-10-8-14-25(16-18)22(27)23-19-11-4-3-5-12-19/h3-7,9,11-13,18H,8,10,14-16H2,1-2H3,(H,23,27). The van der Waals surface area contributed by atoms with Gasteiger partial charge in [0.25, 0.3) is 0 Å². The number of likely N-dealkylation sites (tertiary alicyclic amines) is 1. The molecule has 0 aliphatic carbocycles. The number of ether oxygens (including phenoxy) is 1. The molecule has 1 heterocycles. The van der Waals surface area contributed by atoms with Crippen LogP contribution in [0.15, 0.2) is 54.6 Å². The second kappa shape index (κ2) is 9.26. The first-order valence-corrected chi connectivity index (χ1v) is 9.56. The third-order valence-corrected chi connectivity index (χ3v) is 5.06. The van der Waals surface area contributed by atoms with Gasteiger partial charge in [0.05, 0.1) is 13.0 Å². The predicted molar refractivity (Wildman–Crippen MR) is 109 cm³/mol. The van der Waals surface area contributed by atoms with Crippen LogP contribution in [0.2, 0.25) is 0 Å². The fourth-order valence-electron chi connectivity index (χ4n) is 3.57. The summed E-state index contributed by atoms with van der Waals surface area (Å²) in [5.74, 6) is 0.646. The maximum atomic E-state index is 13.0. The minimum Gasteiger partial charge on any atom is -0.496 e. The lowest BCUT2D eigenvalue weighted by atomic mass is 9.96. The number of hydrogen-bond donors (Lipinski definition) is 1. The average Bonchev–Trinajstić information content (AvgIpc) is 2.74. The largest absolute Gasteiger partial charge is 0.496 e. The van der Waals surface area contributed by atoms with Crippen molar-refractivity contribution in [3.63, 3.8) is 0 Å². The molecular weight excluding hydrogens is 354 g/mol. The van der Waals surface area contributed by atoms with E-state index in [1.54, 1.807) is 24.0 Å². The molecule has 1 aliphatic rings. The molecular formula is C22H27N3O3. The minimum atomic E-state index is -0.185. The average molecular weight is 381 g/mol. The number of nitrogens with one attached hydrogen (secondary N) is 1. The van der Waals surface area contributed by atoms with Gasteiger partial charge in [-0.3, -0.25) is 4.79 Å². The highest BCUT2D eigenvalue weighted by atomic mass is 16.5. The maximum Gasteiger partial charge on any atom is 0.321 e. The van der Waals surface area contributed by atoms with E-state index in [0.29, 0.717) is 19.6 Å². The summed E-state index contributed by atoms with van der Waals surface area (Å²) in [6.45, 7) is 1.59. The van der Waals surface area contributed by atoms with E-state index in [4.69, 9.17) is 4.74 Å². The van der Waals surface area contributed by atoms with Crippen LogP contribution in [0.1, 0.15) is 18.4 Å². The smallest absolute Gasteiger partial charge is 0.321 e. The van der Waals surface area contributed by atoms with E-state index in [1.807, 2.05) is 54.6 Å². The molecule has 0 aromatic heterocycles. The lowest BCUT2D eigenvalue weighted by Gasteiger charge is -2.34. The zero-order valence-electron chi connectivity index (χ0n) is 16.4. The Balaban J connectivity index is 1.59. The van der Waals surface area contributed by atoms with Crippen LogP contribution in [0.3, 0.4) is 0 Å². The number of methoxy groups -OCH3 is 1. The van der Waals surface area contributed by atoms with Crippen molar-refractivity contribution in [2.24, 2.45) is 5.92 Å². The molecule has 1 N–H and O–H groups in total. The molecule has 0 saturated carbocycles. The maximum absolute atomic E-state index is 13.0. The van der Waals surface area contributed by atoms with Gasteiger partial charge < -0.3 is 19.9 Å². The van der Waals surface area contributed by atoms with Crippen LogP contribution < -0.4 is 10.1 Å². The minimum absolute atomic E-state index is 0.0584. The van der Waals surface area contributed by atoms with Crippen molar-refractivity contribution < 1.29 is 14.3 Å². The van der Waals surface area contributed by atoms with Gasteiger partial charge in [0, 0.05) is 37.9 Å². The quantitative estimate of drug-likeness (QED) is 0.861. The second-order valence-electron chi connectivity index (χ2n) is 7.09. The van der Waals surface area contributed by atoms with E-state index in [0.717, 1.165) is 29.8 Å². The van der Waals surface area contributed by atoms with Crippen LogP contribution in [0.5, 0.6) is 5.75 Å². The van der Waals surface area contributed by atoms with Crippen LogP contribution in [0.25, 0.3) is 0 Å². The van der Waals surface area contributed by atoms with Crippen molar-refractivity contribution in [3.8, 4) is 5.75 Å². The summed E-state index contributed by atoms with van der Waals surface area (Å²) in [6.07, 6.45) is 1.62. The highest BCUT2D eigenvalue weighted by Gasteiger charge is 2.30. The van der Waals surface area contributed by atoms with Gasteiger partial charge in [-0.25, -0.2) is 4.79 Å². The summed E-state index contributed by atoms with van der Waals surface area (Å²) in [4.78, 5) is 29.0. The molecule has 3 rings (SSSR count). The Labute approximate surface area is 166 Å². The predicted octanol–water partition coefficient (Wildman–Crippen LogP) is 3.60. The lowest BCUT2D eigenvalue weighted by molar-refractivity contribution is -0.136. The van der Waals surface area contributed by atoms with Crippen molar-refractivity contribution in [1.29, 1.82) is 0 Å². The van der Waals surface area contributed by atoms with Gasteiger partial charge in [-0.2, -0.15) is 0 Å². The molecule has 1 fully saturated rings.